The molecule has 0 saturated carbocycles. The van der Waals surface area contributed by atoms with Crippen LogP contribution in [0.25, 0.3) is 0 Å². The molecule has 0 atom stereocenters. The lowest BCUT2D eigenvalue weighted by molar-refractivity contribution is -0.138. The number of aromatic nitrogens is 1. The van der Waals surface area contributed by atoms with E-state index in [4.69, 9.17) is 11.6 Å². The van der Waals surface area contributed by atoms with Crippen molar-refractivity contribution in [1.29, 1.82) is 0 Å². The Labute approximate surface area is 121 Å². The summed E-state index contributed by atoms with van der Waals surface area (Å²) < 4.78 is 48.7. The summed E-state index contributed by atoms with van der Waals surface area (Å²) in [6, 6.07) is 0.821. The highest BCUT2D eigenvalue weighted by Gasteiger charge is 2.28. The highest BCUT2D eigenvalue weighted by atomic mass is 35.5. The van der Waals surface area contributed by atoms with Crippen molar-refractivity contribution in [3.8, 4) is 0 Å². The maximum Gasteiger partial charge on any atom is 0.405 e. The highest BCUT2D eigenvalue weighted by Crippen LogP contribution is 2.15. The van der Waals surface area contributed by atoms with E-state index in [1.54, 1.807) is 5.32 Å². The van der Waals surface area contributed by atoms with Gasteiger partial charge in [-0.05, 0) is 6.07 Å². The van der Waals surface area contributed by atoms with Gasteiger partial charge in [0.1, 0.15) is 17.5 Å². The molecule has 21 heavy (non-hydrogen) atoms. The van der Waals surface area contributed by atoms with Crippen LogP contribution in [-0.2, 0) is 4.79 Å². The first-order valence-electron chi connectivity index (χ1n) is 5.50. The first-order chi connectivity index (χ1) is 9.60. The topological polar surface area (TPSA) is 62.3 Å². The summed E-state index contributed by atoms with van der Waals surface area (Å²) in [7, 11) is 1.16. The molecule has 0 spiro atoms. The van der Waals surface area contributed by atoms with Crippen LogP contribution >= 0.6 is 11.6 Å². The largest absolute Gasteiger partial charge is 0.405 e. The predicted octanol–water partition coefficient (Wildman–Crippen LogP) is 1.62. The number of pyridine rings is 1. The second-order valence-electron chi connectivity index (χ2n) is 4.05. The van der Waals surface area contributed by atoms with Crippen LogP contribution in [0, 0.1) is 5.82 Å². The van der Waals surface area contributed by atoms with Crippen molar-refractivity contribution in [2.24, 2.45) is 0 Å². The number of carbonyl (C=O) groups excluding carboxylic acids is 2. The van der Waals surface area contributed by atoms with Crippen LogP contribution in [0.4, 0.5) is 17.6 Å². The van der Waals surface area contributed by atoms with E-state index in [0.717, 1.165) is 24.2 Å². The minimum Gasteiger partial charge on any atom is -0.345 e. The van der Waals surface area contributed by atoms with Crippen LogP contribution in [0.5, 0.6) is 0 Å². The Morgan fingerprint density at radius 2 is 2.05 bits per heavy atom. The monoisotopic (exact) mass is 327 g/mol. The summed E-state index contributed by atoms with van der Waals surface area (Å²) in [5.41, 5.74) is -0.289. The van der Waals surface area contributed by atoms with Crippen molar-refractivity contribution >= 4 is 23.4 Å². The van der Waals surface area contributed by atoms with Crippen molar-refractivity contribution < 1.29 is 27.2 Å². The van der Waals surface area contributed by atoms with Crippen LogP contribution in [0.3, 0.4) is 0 Å². The second kappa shape index (κ2) is 6.70. The number of hydrogen-bond acceptors (Lipinski definition) is 3. The van der Waals surface area contributed by atoms with Crippen molar-refractivity contribution in [2.45, 2.75) is 6.18 Å². The van der Waals surface area contributed by atoms with Crippen LogP contribution in [0.15, 0.2) is 12.3 Å². The quantitative estimate of drug-likeness (QED) is 0.675. The summed E-state index contributed by atoms with van der Waals surface area (Å²) >= 11 is 5.62. The molecule has 0 saturated heterocycles. The van der Waals surface area contributed by atoms with E-state index in [2.05, 4.69) is 4.98 Å². The van der Waals surface area contributed by atoms with Gasteiger partial charge in [0.15, 0.2) is 0 Å². The van der Waals surface area contributed by atoms with Gasteiger partial charge in [0.2, 0.25) is 5.91 Å². The number of nitrogens with one attached hydrogen (secondary N) is 1. The number of likely N-dealkylation sites (N-methyl/N-ethyl adjacent to an activating group) is 1. The molecule has 0 radical (unpaired) electrons. The molecule has 0 aliphatic heterocycles. The molecule has 0 fully saturated rings. The Hall–Kier alpha value is -1.90. The number of halogens is 5. The van der Waals surface area contributed by atoms with Crippen LogP contribution in [0.1, 0.15) is 10.4 Å². The van der Waals surface area contributed by atoms with E-state index >= 15 is 0 Å². The minimum atomic E-state index is -4.55. The summed E-state index contributed by atoms with van der Waals surface area (Å²) in [5.74, 6) is -2.66. The molecular weight excluding hydrogens is 318 g/mol. The number of rotatable bonds is 4. The van der Waals surface area contributed by atoms with E-state index in [1.807, 2.05) is 0 Å². The van der Waals surface area contributed by atoms with Gasteiger partial charge in [0.25, 0.3) is 5.91 Å². The molecule has 116 valence electrons. The van der Waals surface area contributed by atoms with Gasteiger partial charge in [0, 0.05) is 7.05 Å². The molecular formula is C11H10ClF4N3O2. The molecule has 0 unspecified atom stereocenters. The van der Waals surface area contributed by atoms with Gasteiger partial charge < -0.3 is 10.2 Å². The third kappa shape index (κ3) is 5.54. The van der Waals surface area contributed by atoms with Gasteiger partial charge in [-0.3, -0.25) is 9.59 Å². The zero-order valence-corrected chi connectivity index (χ0v) is 11.4. The van der Waals surface area contributed by atoms with Crippen LogP contribution in [0.2, 0.25) is 5.15 Å². The van der Waals surface area contributed by atoms with Gasteiger partial charge in [-0.15, -0.1) is 0 Å². The fourth-order valence-corrected chi connectivity index (χ4v) is 1.50. The van der Waals surface area contributed by atoms with Gasteiger partial charge >= 0.3 is 6.18 Å². The van der Waals surface area contributed by atoms with Gasteiger partial charge in [-0.1, -0.05) is 11.6 Å². The fourth-order valence-electron chi connectivity index (χ4n) is 1.32. The van der Waals surface area contributed by atoms with E-state index in [-0.39, 0.29) is 10.7 Å². The number of amides is 2. The molecule has 1 heterocycles. The van der Waals surface area contributed by atoms with E-state index in [0.29, 0.717) is 0 Å². The van der Waals surface area contributed by atoms with E-state index < -0.39 is 36.9 Å². The Kier molecular flexibility index (Phi) is 5.47. The molecule has 1 aromatic rings. The summed E-state index contributed by atoms with van der Waals surface area (Å²) in [4.78, 5) is 27.4. The maximum absolute atomic E-state index is 13.0. The van der Waals surface area contributed by atoms with Crippen molar-refractivity contribution in [3.05, 3.63) is 28.8 Å². The highest BCUT2D eigenvalue weighted by molar-refractivity contribution is 6.32. The number of hydrogen-bond donors (Lipinski definition) is 1. The Balaban J connectivity index is 2.66. The Bertz CT molecular complexity index is 551. The van der Waals surface area contributed by atoms with Gasteiger partial charge in [0.05, 0.1) is 18.3 Å². The maximum atomic E-state index is 13.0. The lowest BCUT2D eigenvalue weighted by atomic mass is 10.2. The predicted molar refractivity (Wildman–Crippen MR) is 65.2 cm³/mol. The van der Waals surface area contributed by atoms with Crippen LogP contribution < -0.4 is 5.32 Å². The smallest absolute Gasteiger partial charge is 0.345 e. The minimum absolute atomic E-state index is 0.274. The van der Waals surface area contributed by atoms with Gasteiger partial charge in [-0.25, -0.2) is 9.37 Å². The number of alkyl halides is 3. The molecule has 2 amide bonds. The van der Waals surface area contributed by atoms with Crippen molar-refractivity contribution in [2.75, 3.05) is 20.1 Å². The van der Waals surface area contributed by atoms with E-state index in [9.17, 15) is 27.2 Å². The normalized spacial score (nSPS) is 11.1. The molecule has 0 aromatic carbocycles. The summed E-state index contributed by atoms with van der Waals surface area (Å²) in [6.45, 7) is -2.14. The SMILES string of the molecule is CN(CC(=O)NCC(F)(F)F)C(=O)c1cc(F)cnc1Cl. The van der Waals surface area contributed by atoms with Crippen molar-refractivity contribution in [1.82, 2.24) is 15.2 Å². The first kappa shape index (κ1) is 17.2. The van der Waals surface area contributed by atoms with Crippen molar-refractivity contribution in [3.63, 3.8) is 0 Å². The number of carbonyl (C=O) groups is 2. The number of nitrogens with zero attached hydrogens (tertiary/aromatic N) is 2. The molecule has 1 aromatic heterocycles. The Morgan fingerprint density at radius 3 is 2.62 bits per heavy atom. The molecule has 0 aliphatic carbocycles. The lowest BCUT2D eigenvalue weighted by Crippen LogP contribution is -2.41. The average molecular weight is 328 g/mol. The summed E-state index contributed by atoms with van der Waals surface area (Å²) in [6.07, 6.45) is -3.75. The Morgan fingerprint density at radius 1 is 1.43 bits per heavy atom. The third-order valence-electron chi connectivity index (χ3n) is 2.25. The van der Waals surface area contributed by atoms with Gasteiger partial charge in [-0.2, -0.15) is 13.2 Å². The molecule has 10 heteroatoms. The standard InChI is InChI=1S/C11H10ClF4N3O2/c1-19(4-8(20)18-5-11(14,15)16)10(21)7-2-6(13)3-17-9(7)12/h2-3H,4-5H2,1H3,(H,18,20). The summed E-state index contributed by atoms with van der Waals surface area (Å²) in [5, 5.41) is 1.33. The zero-order valence-electron chi connectivity index (χ0n) is 10.7. The third-order valence-corrected chi connectivity index (χ3v) is 2.55. The fraction of sp³-hybridized carbons (Fsp3) is 0.364. The lowest BCUT2D eigenvalue weighted by Gasteiger charge is -2.17. The second-order valence-corrected chi connectivity index (χ2v) is 4.40. The molecule has 5 nitrogen and oxygen atoms in total. The molecule has 1 rings (SSSR count). The average Bonchev–Trinajstić information content (AvgIpc) is 2.37. The molecule has 0 aliphatic rings. The van der Waals surface area contributed by atoms with E-state index in [1.165, 1.54) is 0 Å². The molecule has 1 N–H and O–H groups in total. The van der Waals surface area contributed by atoms with Crippen LogP contribution in [-0.4, -0.2) is 48.0 Å². The molecule has 0 bridgehead atoms. The zero-order chi connectivity index (χ0) is 16.2. The first-order valence-corrected chi connectivity index (χ1v) is 5.88.